The average molecular weight is 339 g/mol. The van der Waals surface area contributed by atoms with Crippen LogP contribution in [0.25, 0.3) is 5.65 Å². The molecule has 0 spiro atoms. The number of aromatic nitrogens is 6. The highest BCUT2D eigenvalue weighted by Crippen LogP contribution is 2.33. The van der Waals surface area contributed by atoms with E-state index in [4.69, 9.17) is 0 Å². The molecule has 1 saturated heterocycles. The van der Waals surface area contributed by atoms with Gasteiger partial charge in [0.15, 0.2) is 0 Å². The van der Waals surface area contributed by atoms with Gasteiger partial charge >= 0.3 is 0 Å². The molecule has 3 aromatic rings. The third-order valence-electron chi connectivity index (χ3n) is 4.93. The maximum Gasteiger partial charge on any atom is 0.251 e. The second kappa shape index (κ2) is 5.94. The summed E-state index contributed by atoms with van der Waals surface area (Å²) in [6.45, 7) is 7.66. The average Bonchev–Trinajstić information content (AvgIpc) is 3.03. The maximum absolute atomic E-state index is 11.8. The molecule has 4 rings (SSSR count). The molecular weight excluding hydrogens is 318 g/mol. The molecule has 3 aromatic heterocycles. The summed E-state index contributed by atoms with van der Waals surface area (Å²) >= 11 is 0. The Bertz CT molecular complexity index is 990. The van der Waals surface area contributed by atoms with Gasteiger partial charge in [0, 0.05) is 25.1 Å². The van der Waals surface area contributed by atoms with E-state index in [0.717, 1.165) is 54.2 Å². The molecule has 0 aliphatic carbocycles. The monoisotopic (exact) mass is 339 g/mol. The zero-order valence-electron chi connectivity index (χ0n) is 14.7. The molecule has 0 saturated carbocycles. The van der Waals surface area contributed by atoms with E-state index < -0.39 is 0 Å². The lowest BCUT2D eigenvalue weighted by Crippen LogP contribution is -2.36. The Balaban J connectivity index is 1.74. The van der Waals surface area contributed by atoms with Crippen molar-refractivity contribution in [3.63, 3.8) is 0 Å². The molecule has 1 fully saturated rings. The van der Waals surface area contributed by atoms with Gasteiger partial charge in [0.25, 0.3) is 5.56 Å². The molecule has 1 aliphatic heterocycles. The van der Waals surface area contributed by atoms with Gasteiger partial charge in [-0.1, -0.05) is 0 Å². The summed E-state index contributed by atoms with van der Waals surface area (Å²) in [5.41, 5.74) is 4.73. The van der Waals surface area contributed by atoms with Crippen LogP contribution >= 0.6 is 0 Å². The summed E-state index contributed by atoms with van der Waals surface area (Å²) < 4.78 is 1.73. The Kier molecular flexibility index (Phi) is 3.74. The van der Waals surface area contributed by atoms with Crippen molar-refractivity contribution in [2.24, 2.45) is 0 Å². The van der Waals surface area contributed by atoms with Gasteiger partial charge in [-0.2, -0.15) is 9.61 Å². The van der Waals surface area contributed by atoms with Gasteiger partial charge in [0.2, 0.25) is 5.65 Å². The van der Waals surface area contributed by atoms with Crippen molar-refractivity contribution in [3.8, 4) is 0 Å². The van der Waals surface area contributed by atoms with E-state index in [-0.39, 0.29) is 11.5 Å². The molecule has 8 heteroatoms. The molecule has 1 aliphatic rings. The molecule has 0 radical (unpaired) electrons. The van der Waals surface area contributed by atoms with Crippen LogP contribution in [0.3, 0.4) is 0 Å². The Hall–Kier alpha value is -2.77. The van der Waals surface area contributed by atoms with Crippen molar-refractivity contribution in [3.05, 3.63) is 45.5 Å². The van der Waals surface area contributed by atoms with Crippen molar-refractivity contribution in [1.29, 1.82) is 0 Å². The largest absolute Gasteiger partial charge is 0.367 e. The van der Waals surface area contributed by atoms with Crippen LogP contribution in [0.2, 0.25) is 0 Å². The van der Waals surface area contributed by atoms with Gasteiger partial charge in [-0.3, -0.25) is 4.79 Å². The Morgan fingerprint density at radius 2 is 2.12 bits per heavy atom. The van der Waals surface area contributed by atoms with E-state index in [2.05, 4.69) is 37.1 Å². The van der Waals surface area contributed by atoms with Crippen molar-refractivity contribution >= 4 is 11.3 Å². The van der Waals surface area contributed by atoms with E-state index in [1.165, 1.54) is 0 Å². The van der Waals surface area contributed by atoms with Crippen LogP contribution in [0.1, 0.15) is 41.5 Å². The Morgan fingerprint density at radius 3 is 2.92 bits per heavy atom. The van der Waals surface area contributed by atoms with Gasteiger partial charge in [0.1, 0.15) is 12.2 Å². The van der Waals surface area contributed by atoms with Gasteiger partial charge in [-0.15, -0.1) is 10.2 Å². The lowest BCUT2D eigenvalue weighted by Gasteiger charge is -2.35. The number of H-pyrrole nitrogens is 1. The fraction of sp³-hybridized carbons (Fsp3) is 0.471. The summed E-state index contributed by atoms with van der Waals surface area (Å²) in [5, 5.41) is 12.8. The zero-order chi connectivity index (χ0) is 17.6. The number of nitrogens with zero attached hydrogens (tertiary/aromatic N) is 6. The van der Waals surface area contributed by atoms with Crippen molar-refractivity contribution in [2.75, 3.05) is 18.0 Å². The maximum atomic E-state index is 11.8. The summed E-state index contributed by atoms with van der Waals surface area (Å²) in [7, 11) is 0. The molecule has 25 heavy (non-hydrogen) atoms. The van der Waals surface area contributed by atoms with Crippen LogP contribution in [-0.2, 0) is 0 Å². The van der Waals surface area contributed by atoms with Crippen LogP contribution in [0.4, 0.5) is 5.69 Å². The standard InChI is InChI=1S/C17H21N7O/c1-10-11(2)22-24-9-18-21-17(24)16(10)23-6-4-5-13(8-23)14-7-15(25)20-12(3)19-14/h7,9,13H,4-6,8H2,1-3H3,(H,19,20,25). The number of rotatable bonds is 2. The number of aromatic amines is 1. The van der Waals surface area contributed by atoms with E-state index >= 15 is 0 Å². The molecule has 0 bridgehead atoms. The first-order chi connectivity index (χ1) is 12.0. The van der Waals surface area contributed by atoms with E-state index in [9.17, 15) is 4.79 Å². The molecule has 130 valence electrons. The number of anilines is 1. The minimum absolute atomic E-state index is 0.0876. The highest BCUT2D eigenvalue weighted by atomic mass is 16.1. The topological polar surface area (TPSA) is 92.1 Å². The summed E-state index contributed by atoms with van der Waals surface area (Å²) in [6.07, 6.45) is 3.70. The molecular formula is C17H21N7O. The Labute approximate surface area is 144 Å². The van der Waals surface area contributed by atoms with Crippen LogP contribution in [0.15, 0.2) is 17.2 Å². The summed E-state index contributed by atoms with van der Waals surface area (Å²) in [4.78, 5) is 21.4. The summed E-state index contributed by atoms with van der Waals surface area (Å²) in [6, 6.07) is 1.62. The summed E-state index contributed by atoms with van der Waals surface area (Å²) in [5.74, 6) is 0.890. The van der Waals surface area contributed by atoms with Crippen LogP contribution in [0, 0.1) is 20.8 Å². The third kappa shape index (κ3) is 2.77. The highest BCUT2D eigenvalue weighted by molar-refractivity contribution is 5.72. The first-order valence-electron chi connectivity index (χ1n) is 8.53. The SMILES string of the molecule is Cc1nc(C2CCCN(c3c(C)c(C)nn4cnnc34)C2)cc(=O)[nH]1. The second-order valence-corrected chi connectivity index (χ2v) is 6.70. The second-order valence-electron chi connectivity index (χ2n) is 6.70. The number of aryl methyl sites for hydroxylation is 2. The molecule has 1 N–H and O–H groups in total. The molecule has 0 amide bonds. The molecule has 8 nitrogen and oxygen atoms in total. The molecule has 1 unspecified atom stereocenters. The number of hydrogen-bond donors (Lipinski definition) is 1. The quantitative estimate of drug-likeness (QED) is 0.761. The lowest BCUT2D eigenvalue weighted by atomic mass is 9.93. The van der Waals surface area contributed by atoms with Gasteiger partial charge in [-0.05, 0) is 39.2 Å². The van der Waals surface area contributed by atoms with Crippen LogP contribution < -0.4 is 10.5 Å². The van der Waals surface area contributed by atoms with Crippen molar-refractivity contribution in [1.82, 2.24) is 29.8 Å². The number of nitrogens with one attached hydrogen (secondary N) is 1. The van der Waals surface area contributed by atoms with E-state index in [1.807, 2.05) is 13.8 Å². The van der Waals surface area contributed by atoms with Crippen LogP contribution in [-0.4, -0.2) is 42.9 Å². The fourth-order valence-corrected chi connectivity index (χ4v) is 3.65. The minimum Gasteiger partial charge on any atom is -0.367 e. The Morgan fingerprint density at radius 1 is 1.28 bits per heavy atom. The zero-order valence-corrected chi connectivity index (χ0v) is 14.7. The van der Waals surface area contributed by atoms with Crippen LogP contribution in [0.5, 0.6) is 0 Å². The highest BCUT2D eigenvalue weighted by Gasteiger charge is 2.26. The van der Waals surface area contributed by atoms with Crippen molar-refractivity contribution in [2.45, 2.75) is 39.5 Å². The van der Waals surface area contributed by atoms with E-state index in [1.54, 1.807) is 16.9 Å². The lowest BCUT2D eigenvalue weighted by molar-refractivity contribution is 0.498. The van der Waals surface area contributed by atoms with Crippen molar-refractivity contribution < 1.29 is 0 Å². The number of piperidine rings is 1. The number of hydrogen-bond acceptors (Lipinski definition) is 6. The normalized spacial score (nSPS) is 18.0. The van der Waals surface area contributed by atoms with Gasteiger partial charge < -0.3 is 9.88 Å². The smallest absolute Gasteiger partial charge is 0.251 e. The van der Waals surface area contributed by atoms with E-state index in [0.29, 0.717) is 5.82 Å². The molecule has 0 aromatic carbocycles. The predicted molar refractivity (Wildman–Crippen MR) is 94.0 cm³/mol. The number of fused-ring (bicyclic) bond motifs is 1. The van der Waals surface area contributed by atoms with Gasteiger partial charge in [0.05, 0.1) is 17.1 Å². The first-order valence-corrected chi connectivity index (χ1v) is 8.53. The predicted octanol–water partition coefficient (Wildman–Crippen LogP) is 1.52. The van der Waals surface area contributed by atoms with Gasteiger partial charge in [-0.25, -0.2) is 4.98 Å². The molecule has 1 atom stereocenters. The third-order valence-corrected chi connectivity index (χ3v) is 4.93. The first kappa shape index (κ1) is 15.7. The molecule has 4 heterocycles. The fourth-order valence-electron chi connectivity index (χ4n) is 3.65. The minimum atomic E-state index is -0.0876.